The third kappa shape index (κ3) is 3.26. The smallest absolute Gasteiger partial charge is 0.240 e. The van der Waals surface area contributed by atoms with Gasteiger partial charge in [0.25, 0.3) is 0 Å². The van der Waals surface area contributed by atoms with Crippen molar-refractivity contribution in [1.29, 1.82) is 0 Å². The number of aromatic nitrogens is 2. The molecule has 0 aromatic carbocycles. The molecule has 1 aromatic heterocycles. The molecule has 0 aliphatic carbocycles. The Labute approximate surface area is 95.0 Å². The fourth-order valence-electron chi connectivity index (χ4n) is 1.67. The number of hydrogen-bond donors (Lipinski definition) is 1. The van der Waals surface area contributed by atoms with E-state index in [9.17, 15) is 0 Å². The lowest BCUT2D eigenvalue weighted by Crippen LogP contribution is -2.42. The first-order valence-electron chi connectivity index (χ1n) is 5.70. The maximum Gasteiger partial charge on any atom is 0.240 e. The van der Waals surface area contributed by atoms with Crippen molar-refractivity contribution in [2.24, 2.45) is 0 Å². The number of piperazine rings is 1. The van der Waals surface area contributed by atoms with Gasteiger partial charge in [-0.3, -0.25) is 4.90 Å². The van der Waals surface area contributed by atoms with Crippen molar-refractivity contribution in [3.63, 3.8) is 0 Å². The second-order valence-electron chi connectivity index (χ2n) is 3.77. The summed E-state index contributed by atoms with van der Waals surface area (Å²) in [7, 11) is 0. The number of hydrogen-bond acceptors (Lipinski definition) is 6. The van der Waals surface area contributed by atoms with E-state index in [1.165, 1.54) is 0 Å². The lowest BCUT2D eigenvalue weighted by Gasteiger charge is -2.25. The first-order chi connectivity index (χ1) is 7.88. The van der Waals surface area contributed by atoms with Crippen molar-refractivity contribution in [3.8, 4) is 0 Å². The maximum atomic E-state index is 5.21. The molecular weight excluding hydrogens is 208 g/mol. The highest BCUT2D eigenvalue weighted by molar-refractivity contribution is 4.85. The van der Waals surface area contributed by atoms with Crippen LogP contribution in [0.4, 0.5) is 0 Å². The minimum atomic E-state index is 0.432. The van der Waals surface area contributed by atoms with Crippen molar-refractivity contribution in [2.45, 2.75) is 20.1 Å². The van der Waals surface area contributed by atoms with Gasteiger partial charge in [-0.05, 0) is 6.92 Å². The molecule has 2 rings (SSSR count). The Bertz CT molecular complexity index is 310. The molecule has 0 amide bonds. The lowest BCUT2D eigenvalue weighted by molar-refractivity contribution is 0.126. The number of nitrogens with one attached hydrogen (secondary N) is 1. The van der Waals surface area contributed by atoms with Crippen LogP contribution in [0.1, 0.15) is 18.6 Å². The molecule has 1 N–H and O–H groups in total. The normalized spacial score (nSPS) is 17.8. The van der Waals surface area contributed by atoms with Crippen LogP contribution in [0.5, 0.6) is 0 Å². The minimum Gasteiger partial charge on any atom is -0.374 e. The van der Waals surface area contributed by atoms with Crippen LogP contribution in [0.3, 0.4) is 0 Å². The molecule has 1 saturated heterocycles. The third-order valence-corrected chi connectivity index (χ3v) is 2.51. The quantitative estimate of drug-likeness (QED) is 0.763. The van der Waals surface area contributed by atoms with Crippen molar-refractivity contribution in [1.82, 2.24) is 20.4 Å². The summed E-state index contributed by atoms with van der Waals surface area (Å²) < 4.78 is 10.4. The zero-order valence-electron chi connectivity index (χ0n) is 9.61. The van der Waals surface area contributed by atoms with Gasteiger partial charge >= 0.3 is 0 Å². The van der Waals surface area contributed by atoms with Crippen LogP contribution >= 0.6 is 0 Å². The third-order valence-electron chi connectivity index (χ3n) is 2.51. The lowest BCUT2D eigenvalue weighted by atomic mass is 10.3. The molecule has 1 aromatic rings. The van der Waals surface area contributed by atoms with Crippen molar-refractivity contribution in [2.75, 3.05) is 32.8 Å². The molecule has 0 bridgehead atoms. The first kappa shape index (κ1) is 11.5. The summed E-state index contributed by atoms with van der Waals surface area (Å²) in [5.74, 6) is 1.31. The van der Waals surface area contributed by atoms with E-state index in [1.54, 1.807) is 0 Å². The van der Waals surface area contributed by atoms with E-state index in [0.29, 0.717) is 24.9 Å². The molecule has 90 valence electrons. The molecule has 0 spiro atoms. The van der Waals surface area contributed by atoms with Gasteiger partial charge in [0, 0.05) is 32.8 Å². The fourth-order valence-corrected chi connectivity index (χ4v) is 1.67. The van der Waals surface area contributed by atoms with Crippen LogP contribution in [0, 0.1) is 0 Å². The standard InChI is InChI=1S/C10H18N4O2/c1-2-15-8-9-12-10(16-13-9)7-14-5-3-11-4-6-14/h11H,2-8H2,1H3. The van der Waals surface area contributed by atoms with Crippen LogP contribution in [0.25, 0.3) is 0 Å². The van der Waals surface area contributed by atoms with E-state index in [0.717, 1.165) is 32.7 Å². The summed E-state index contributed by atoms with van der Waals surface area (Å²) in [4.78, 5) is 6.58. The maximum absolute atomic E-state index is 5.21. The Balaban J connectivity index is 1.81. The zero-order valence-corrected chi connectivity index (χ0v) is 9.61. The molecule has 2 heterocycles. The summed E-state index contributed by atoms with van der Waals surface area (Å²) in [6, 6.07) is 0. The predicted molar refractivity (Wildman–Crippen MR) is 57.8 cm³/mol. The van der Waals surface area contributed by atoms with E-state index in [-0.39, 0.29) is 0 Å². The Kier molecular flexibility index (Phi) is 4.26. The molecular formula is C10H18N4O2. The highest BCUT2D eigenvalue weighted by Gasteiger charge is 2.14. The fraction of sp³-hybridized carbons (Fsp3) is 0.800. The summed E-state index contributed by atoms with van der Waals surface area (Å²) in [5, 5.41) is 7.17. The van der Waals surface area contributed by atoms with Crippen molar-refractivity contribution >= 4 is 0 Å². The van der Waals surface area contributed by atoms with E-state index in [1.807, 2.05) is 6.92 Å². The van der Waals surface area contributed by atoms with Gasteiger partial charge in [-0.15, -0.1) is 0 Å². The van der Waals surface area contributed by atoms with E-state index < -0.39 is 0 Å². The predicted octanol–water partition coefficient (Wildman–Crippen LogP) is 0.0113. The average molecular weight is 226 g/mol. The van der Waals surface area contributed by atoms with Gasteiger partial charge < -0.3 is 14.6 Å². The molecule has 1 aliphatic heterocycles. The Hall–Kier alpha value is -0.980. The average Bonchev–Trinajstić information content (AvgIpc) is 2.75. The van der Waals surface area contributed by atoms with Crippen molar-refractivity contribution < 1.29 is 9.26 Å². The van der Waals surface area contributed by atoms with Crippen LogP contribution in [0.2, 0.25) is 0 Å². The number of ether oxygens (including phenoxy) is 1. The van der Waals surface area contributed by atoms with Crippen LogP contribution < -0.4 is 5.32 Å². The molecule has 1 fully saturated rings. The van der Waals surface area contributed by atoms with Gasteiger partial charge in [-0.25, -0.2) is 0 Å². The zero-order chi connectivity index (χ0) is 11.2. The highest BCUT2D eigenvalue weighted by atomic mass is 16.5. The molecule has 0 atom stereocenters. The monoisotopic (exact) mass is 226 g/mol. The van der Waals surface area contributed by atoms with Gasteiger partial charge in [-0.2, -0.15) is 4.98 Å². The van der Waals surface area contributed by atoms with E-state index >= 15 is 0 Å². The van der Waals surface area contributed by atoms with Gasteiger partial charge in [0.05, 0.1) is 6.54 Å². The summed E-state index contributed by atoms with van der Waals surface area (Å²) in [5.41, 5.74) is 0. The minimum absolute atomic E-state index is 0.432. The van der Waals surface area contributed by atoms with Gasteiger partial charge in [-0.1, -0.05) is 5.16 Å². The van der Waals surface area contributed by atoms with Crippen LogP contribution in [-0.4, -0.2) is 47.8 Å². The molecule has 0 saturated carbocycles. The first-order valence-corrected chi connectivity index (χ1v) is 5.70. The van der Waals surface area contributed by atoms with Gasteiger partial charge in [0.1, 0.15) is 6.61 Å². The van der Waals surface area contributed by atoms with Gasteiger partial charge in [0.2, 0.25) is 5.89 Å². The second-order valence-corrected chi connectivity index (χ2v) is 3.77. The SMILES string of the molecule is CCOCc1noc(CN2CCNCC2)n1. The van der Waals surface area contributed by atoms with Gasteiger partial charge in [0.15, 0.2) is 5.82 Å². The van der Waals surface area contributed by atoms with Crippen LogP contribution in [-0.2, 0) is 17.9 Å². The Morgan fingerprint density at radius 1 is 1.44 bits per heavy atom. The van der Waals surface area contributed by atoms with E-state index in [4.69, 9.17) is 9.26 Å². The highest BCUT2D eigenvalue weighted by Crippen LogP contribution is 2.04. The summed E-state index contributed by atoms with van der Waals surface area (Å²) in [6.45, 7) is 7.90. The van der Waals surface area contributed by atoms with Crippen molar-refractivity contribution in [3.05, 3.63) is 11.7 Å². The number of nitrogens with zero attached hydrogens (tertiary/aromatic N) is 3. The molecule has 6 nitrogen and oxygen atoms in total. The summed E-state index contributed by atoms with van der Waals surface area (Å²) in [6.07, 6.45) is 0. The number of rotatable bonds is 5. The largest absolute Gasteiger partial charge is 0.374 e. The topological polar surface area (TPSA) is 63.4 Å². The second kappa shape index (κ2) is 5.93. The molecule has 0 unspecified atom stereocenters. The Morgan fingerprint density at radius 2 is 2.25 bits per heavy atom. The van der Waals surface area contributed by atoms with E-state index in [2.05, 4.69) is 20.4 Å². The molecule has 0 radical (unpaired) electrons. The molecule has 6 heteroatoms. The van der Waals surface area contributed by atoms with Crippen LogP contribution in [0.15, 0.2) is 4.52 Å². The Morgan fingerprint density at radius 3 is 3.00 bits per heavy atom. The molecule has 16 heavy (non-hydrogen) atoms. The molecule has 1 aliphatic rings. The summed E-state index contributed by atoms with van der Waals surface area (Å²) >= 11 is 0.